The first-order valence-electron chi connectivity index (χ1n) is 4.95. The molecule has 0 N–H and O–H groups in total. The molecule has 2 aromatic rings. The van der Waals surface area contributed by atoms with E-state index in [9.17, 15) is 0 Å². The topological polar surface area (TPSA) is 9.23 Å². The molecule has 0 radical (unpaired) electrons. The zero-order chi connectivity index (χ0) is 13.3. The molecule has 0 amide bonds. The van der Waals surface area contributed by atoms with Crippen LogP contribution in [0.5, 0.6) is 5.75 Å². The maximum absolute atomic E-state index is 6.43. The van der Waals surface area contributed by atoms with Crippen LogP contribution in [0, 0.1) is 0 Å². The highest BCUT2D eigenvalue weighted by Gasteiger charge is 2.20. The second kappa shape index (κ2) is 5.89. The second-order valence-electron chi connectivity index (χ2n) is 3.53. The summed E-state index contributed by atoms with van der Waals surface area (Å²) in [5.41, 5.74) is 1.58. The van der Waals surface area contributed by atoms with Crippen molar-refractivity contribution in [2.24, 2.45) is 0 Å². The zero-order valence-corrected chi connectivity index (χ0v) is 13.1. The Balaban J connectivity index is 2.45. The number of hydrogen-bond acceptors (Lipinski definition) is 2. The summed E-state index contributed by atoms with van der Waals surface area (Å²) in [6.45, 7) is 0. The van der Waals surface area contributed by atoms with Gasteiger partial charge in [0, 0.05) is 16.1 Å². The van der Waals surface area contributed by atoms with Crippen LogP contribution < -0.4 is 4.74 Å². The lowest BCUT2D eigenvalue weighted by Crippen LogP contribution is -1.96. The quantitative estimate of drug-likeness (QED) is 0.618. The molecule has 0 aliphatic carbocycles. The minimum Gasteiger partial charge on any atom is -0.496 e. The average molecular weight is 342 g/mol. The van der Waals surface area contributed by atoms with Crippen molar-refractivity contribution < 1.29 is 4.74 Å². The molecule has 0 aliphatic heterocycles. The number of alkyl halides is 1. The van der Waals surface area contributed by atoms with Crippen LogP contribution in [0.4, 0.5) is 0 Å². The van der Waals surface area contributed by atoms with E-state index >= 15 is 0 Å². The van der Waals surface area contributed by atoms with Crippen LogP contribution in [-0.4, -0.2) is 7.11 Å². The van der Waals surface area contributed by atoms with Crippen molar-refractivity contribution >= 4 is 57.7 Å². The van der Waals surface area contributed by atoms with Crippen molar-refractivity contribution in [3.63, 3.8) is 0 Å². The van der Waals surface area contributed by atoms with Gasteiger partial charge in [-0.25, -0.2) is 0 Å². The van der Waals surface area contributed by atoms with Gasteiger partial charge in [0.15, 0.2) is 0 Å². The Hall–Kier alpha value is -0.120. The predicted molar refractivity (Wildman–Crippen MR) is 80.0 cm³/mol. The van der Waals surface area contributed by atoms with Crippen LogP contribution in [-0.2, 0) is 0 Å². The van der Waals surface area contributed by atoms with Crippen molar-refractivity contribution in [3.8, 4) is 5.75 Å². The summed E-state index contributed by atoms with van der Waals surface area (Å²) >= 11 is 25.6. The molecule has 0 saturated heterocycles. The minimum absolute atomic E-state index is 0.423. The molecule has 1 atom stereocenters. The van der Waals surface area contributed by atoms with Crippen LogP contribution in [0.3, 0.4) is 0 Å². The van der Waals surface area contributed by atoms with Crippen molar-refractivity contribution in [3.05, 3.63) is 49.1 Å². The van der Waals surface area contributed by atoms with Crippen molar-refractivity contribution in [1.29, 1.82) is 0 Å². The van der Waals surface area contributed by atoms with E-state index in [1.807, 2.05) is 6.07 Å². The number of hydrogen-bond donors (Lipinski definition) is 0. The molecule has 0 spiro atoms. The Bertz CT molecular complexity index is 567. The first-order valence-corrected chi connectivity index (χ1v) is 7.34. The van der Waals surface area contributed by atoms with E-state index in [4.69, 9.17) is 51.1 Å². The second-order valence-corrected chi connectivity index (χ2v) is 6.69. The van der Waals surface area contributed by atoms with E-state index in [1.54, 1.807) is 25.3 Å². The van der Waals surface area contributed by atoms with Gasteiger partial charge < -0.3 is 4.74 Å². The first kappa shape index (κ1) is 14.3. The summed E-state index contributed by atoms with van der Waals surface area (Å²) in [4.78, 5) is 0. The van der Waals surface area contributed by atoms with Gasteiger partial charge in [-0.05, 0) is 18.2 Å². The highest BCUT2D eigenvalue weighted by molar-refractivity contribution is 7.20. The third kappa shape index (κ3) is 2.89. The van der Waals surface area contributed by atoms with Gasteiger partial charge in [0.2, 0.25) is 0 Å². The molecule has 18 heavy (non-hydrogen) atoms. The summed E-state index contributed by atoms with van der Waals surface area (Å²) in [6.07, 6.45) is 0. The Labute approximate surface area is 129 Å². The molecule has 6 heteroatoms. The molecule has 0 fully saturated rings. The largest absolute Gasteiger partial charge is 0.496 e. The van der Waals surface area contributed by atoms with Crippen molar-refractivity contribution in [2.45, 2.75) is 5.38 Å². The lowest BCUT2D eigenvalue weighted by molar-refractivity contribution is 0.410. The zero-order valence-electron chi connectivity index (χ0n) is 9.22. The number of rotatable bonds is 3. The lowest BCUT2D eigenvalue weighted by atomic mass is 10.1. The molecular formula is C12H8Cl4OS. The van der Waals surface area contributed by atoms with Gasteiger partial charge >= 0.3 is 0 Å². The van der Waals surface area contributed by atoms with E-state index in [-0.39, 0.29) is 0 Å². The molecule has 96 valence electrons. The van der Waals surface area contributed by atoms with Gasteiger partial charge in [0.25, 0.3) is 0 Å². The number of benzene rings is 1. The number of thiophene rings is 1. The predicted octanol–water partition coefficient (Wildman–Crippen LogP) is 6.05. The molecule has 1 nitrogen and oxygen atoms in total. The Kier molecular flexibility index (Phi) is 4.68. The minimum atomic E-state index is -0.423. The van der Waals surface area contributed by atoms with Gasteiger partial charge in [0.1, 0.15) is 5.75 Å². The standard InChI is InChI=1S/C12H8Cl4OS/c1-17-9-4-6(13)2-3-7(9)11(15)8-5-10(14)18-12(8)16/h2-5,11H,1H3. The first-order chi connectivity index (χ1) is 8.52. The summed E-state index contributed by atoms with van der Waals surface area (Å²) < 4.78 is 6.46. The van der Waals surface area contributed by atoms with Gasteiger partial charge in [0.05, 0.1) is 21.2 Å². The smallest absolute Gasteiger partial charge is 0.125 e. The van der Waals surface area contributed by atoms with Crippen LogP contribution in [0.15, 0.2) is 24.3 Å². The van der Waals surface area contributed by atoms with Crippen molar-refractivity contribution in [2.75, 3.05) is 7.11 Å². The third-order valence-electron chi connectivity index (χ3n) is 2.42. The molecule has 1 unspecified atom stereocenters. The third-order valence-corrected chi connectivity index (χ3v) is 4.65. The number of ether oxygens (including phenoxy) is 1. The van der Waals surface area contributed by atoms with Crippen LogP contribution in [0.1, 0.15) is 16.5 Å². The lowest BCUT2D eigenvalue weighted by Gasteiger charge is -2.13. The average Bonchev–Trinajstić information content (AvgIpc) is 2.67. The fourth-order valence-corrected chi connectivity index (χ4v) is 3.75. The monoisotopic (exact) mass is 340 g/mol. The number of halogens is 4. The fourth-order valence-electron chi connectivity index (χ4n) is 1.59. The Morgan fingerprint density at radius 3 is 2.39 bits per heavy atom. The summed E-state index contributed by atoms with van der Waals surface area (Å²) in [5, 5.41) is 0.169. The van der Waals surface area contributed by atoms with E-state index < -0.39 is 5.38 Å². The fraction of sp³-hybridized carbons (Fsp3) is 0.167. The van der Waals surface area contributed by atoms with E-state index in [1.165, 1.54) is 11.3 Å². The van der Waals surface area contributed by atoms with Crippen LogP contribution in [0.25, 0.3) is 0 Å². The maximum Gasteiger partial charge on any atom is 0.125 e. The van der Waals surface area contributed by atoms with Crippen LogP contribution in [0.2, 0.25) is 13.7 Å². The van der Waals surface area contributed by atoms with E-state index in [0.717, 1.165) is 11.1 Å². The molecule has 1 aromatic heterocycles. The van der Waals surface area contributed by atoms with Crippen LogP contribution >= 0.6 is 57.7 Å². The van der Waals surface area contributed by atoms with E-state index in [2.05, 4.69) is 0 Å². The van der Waals surface area contributed by atoms with Gasteiger partial charge in [-0.2, -0.15) is 0 Å². The van der Waals surface area contributed by atoms with Gasteiger partial charge in [-0.15, -0.1) is 22.9 Å². The summed E-state index contributed by atoms with van der Waals surface area (Å²) in [6, 6.07) is 7.06. The maximum atomic E-state index is 6.43. The van der Waals surface area contributed by atoms with Gasteiger partial charge in [-0.3, -0.25) is 0 Å². The molecule has 0 bridgehead atoms. The van der Waals surface area contributed by atoms with Gasteiger partial charge in [-0.1, -0.05) is 40.9 Å². The van der Waals surface area contributed by atoms with E-state index in [0.29, 0.717) is 19.4 Å². The molecule has 0 aliphatic rings. The Morgan fingerprint density at radius 1 is 1.11 bits per heavy atom. The molecule has 0 saturated carbocycles. The normalized spacial score (nSPS) is 12.5. The highest BCUT2D eigenvalue weighted by atomic mass is 35.5. The molecule has 1 heterocycles. The SMILES string of the molecule is COc1cc(Cl)ccc1C(Cl)c1cc(Cl)sc1Cl. The highest BCUT2D eigenvalue weighted by Crippen LogP contribution is 2.43. The molecular weight excluding hydrogens is 334 g/mol. The molecule has 1 aromatic carbocycles. The van der Waals surface area contributed by atoms with Crippen molar-refractivity contribution in [1.82, 2.24) is 0 Å². The summed E-state index contributed by atoms with van der Waals surface area (Å²) in [5.74, 6) is 0.626. The Morgan fingerprint density at radius 2 is 1.83 bits per heavy atom. The molecule has 2 rings (SSSR count). The number of methoxy groups -OCH3 is 1. The summed E-state index contributed by atoms with van der Waals surface area (Å²) in [7, 11) is 1.57.